The molecule has 5 rings (SSSR count). The summed E-state index contributed by atoms with van der Waals surface area (Å²) >= 11 is 0. The van der Waals surface area contributed by atoms with E-state index in [-0.39, 0.29) is 30.5 Å². The number of hydrogen-bond acceptors (Lipinski definition) is 12. The van der Waals surface area contributed by atoms with Gasteiger partial charge < -0.3 is 60.8 Å². The van der Waals surface area contributed by atoms with Crippen molar-refractivity contribution in [2.24, 2.45) is 17.6 Å². The van der Waals surface area contributed by atoms with E-state index in [0.717, 1.165) is 62.6 Å². The molecular formula is C44H70ClN3O9. The lowest BCUT2D eigenvalue weighted by Gasteiger charge is -2.15. The topological polar surface area (TPSA) is 188 Å². The Bertz CT molecular complexity index is 1380. The van der Waals surface area contributed by atoms with Gasteiger partial charge in [-0.15, -0.1) is 12.4 Å². The van der Waals surface area contributed by atoms with Crippen LogP contribution in [0.1, 0.15) is 76.2 Å². The molecule has 0 spiro atoms. The van der Waals surface area contributed by atoms with E-state index < -0.39 is 18.3 Å². The maximum absolute atomic E-state index is 9.80. The SMILES string of the molecule is CC(C)NCC(O)COc1ccc(CCOCC2CC2)cc1.CC(C)NCC(O)COc1ccc(CCOCC2CC2)cc1.Cl.NC[C@H](O)c1ccc(O)c(O)c1. The van der Waals surface area contributed by atoms with Gasteiger partial charge in [0.2, 0.25) is 0 Å². The molecule has 2 saturated carbocycles. The number of hydrogen-bond donors (Lipinski definition) is 8. The predicted octanol–water partition coefficient (Wildman–Crippen LogP) is 5.30. The first-order valence-electron chi connectivity index (χ1n) is 20.2. The number of nitrogens with two attached hydrogens (primary N) is 1. The lowest BCUT2D eigenvalue weighted by molar-refractivity contribution is 0.104. The van der Waals surface area contributed by atoms with Crippen LogP contribution in [0.25, 0.3) is 0 Å². The minimum Gasteiger partial charge on any atom is -0.504 e. The lowest BCUT2D eigenvalue weighted by atomic mass is 10.1. The molecule has 57 heavy (non-hydrogen) atoms. The van der Waals surface area contributed by atoms with Gasteiger partial charge in [0.25, 0.3) is 0 Å². The van der Waals surface area contributed by atoms with Crippen LogP contribution in [0.15, 0.2) is 66.7 Å². The van der Waals surface area contributed by atoms with Gasteiger partial charge in [-0.25, -0.2) is 0 Å². The Morgan fingerprint density at radius 3 is 1.40 bits per heavy atom. The largest absolute Gasteiger partial charge is 0.504 e. The normalized spacial score (nSPS) is 15.1. The van der Waals surface area contributed by atoms with Gasteiger partial charge in [-0.3, -0.25) is 0 Å². The van der Waals surface area contributed by atoms with Crippen molar-refractivity contribution in [1.29, 1.82) is 0 Å². The van der Waals surface area contributed by atoms with Crippen LogP contribution in [0.4, 0.5) is 0 Å². The van der Waals surface area contributed by atoms with Gasteiger partial charge in [-0.2, -0.15) is 0 Å². The second-order valence-electron chi connectivity index (χ2n) is 15.4. The standard InChI is InChI=1S/2C18H29NO3.C8H11NO3.ClH/c2*1-14(2)19-11-17(20)13-22-18-7-5-15(6-8-18)9-10-21-12-16-3-4-16;9-4-8(12)5-1-2-6(10)7(11)3-5;/h2*5-8,14,16-17,19-20H,3-4,9-13H2,1-2H3;1-3,8,10-12H,4,9H2;1H/t;;8-;/m..0./s1. The maximum atomic E-state index is 9.80. The Morgan fingerprint density at radius 2 is 1.05 bits per heavy atom. The van der Waals surface area contributed by atoms with E-state index in [9.17, 15) is 15.3 Å². The molecule has 9 N–H and O–H groups in total. The number of nitrogens with one attached hydrogen (secondary N) is 2. The van der Waals surface area contributed by atoms with Crippen LogP contribution >= 0.6 is 12.4 Å². The molecule has 13 heteroatoms. The van der Waals surface area contributed by atoms with Gasteiger partial charge >= 0.3 is 0 Å². The van der Waals surface area contributed by atoms with Crippen molar-refractivity contribution in [3.05, 3.63) is 83.4 Å². The Balaban J connectivity index is 0.000000306. The van der Waals surface area contributed by atoms with Gasteiger partial charge in [0.05, 0.1) is 19.3 Å². The zero-order valence-electron chi connectivity index (χ0n) is 34.4. The molecule has 3 atom stereocenters. The molecule has 0 saturated heterocycles. The van der Waals surface area contributed by atoms with Crippen LogP contribution in [0, 0.1) is 11.8 Å². The summed E-state index contributed by atoms with van der Waals surface area (Å²) in [4.78, 5) is 0. The number of rotatable bonds is 24. The summed E-state index contributed by atoms with van der Waals surface area (Å²) in [5, 5.41) is 53.2. The summed E-state index contributed by atoms with van der Waals surface area (Å²) in [6, 6.07) is 20.9. The summed E-state index contributed by atoms with van der Waals surface area (Å²) < 4.78 is 22.5. The smallest absolute Gasteiger partial charge is 0.157 e. The van der Waals surface area contributed by atoms with Crippen LogP contribution in [0.5, 0.6) is 23.0 Å². The van der Waals surface area contributed by atoms with Crippen LogP contribution < -0.4 is 25.8 Å². The molecule has 0 amide bonds. The van der Waals surface area contributed by atoms with Gasteiger partial charge in [-0.05, 0) is 103 Å². The molecule has 0 bridgehead atoms. The third kappa shape index (κ3) is 23.7. The Kier molecular flexibility index (Phi) is 24.8. The highest BCUT2D eigenvalue weighted by Crippen LogP contribution is 2.30. The predicted molar refractivity (Wildman–Crippen MR) is 228 cm³/mol. The van der Waals surface area contributed by atoms with Crippen LogP contribution in [-0.2, 0) is 22.3 Å². The molecule has 2 aliphatic carbocycles. The highest BCUT2D eigenvalue weighted by Gasteiger charge is 2.21. The Labute approximate surface area is 346 Å². The number of phenolic OH excluding ortho intramolecular Hbond substituents is 2. The first-order valence-corrected chi connectivity index (χ1v) is 20.2. The Morgan fingerprint density at radius 1 is 0.632 bits per heavy atom. The van der Waals surface area contributed by atoms with E-state index in [1.165, 1.54) is 55.0 Å². The molecule has 0 heterocycles. The van der Waals surface area contributed by atoms with Gasteiger partial charge in [0, 0.05) is 44.9 Å². The highest BCUT2D eigenvalue weighted by molar-refractivity contribution is 5.85. The zero-order chi connectivity index (χ0) is 40.7. The lowest BCUT2D eigenvalue weighted by Crippen LogP contribution is -2.35. The van der Waals surface area contributed by atoms with Crippen LogP contribution in [0.3, 0.4) is 0 Å². The van der Waals surface area contributed by atoms with Gasteiger partial charge in [0.15, 0.2) is 11.5 Å². The zero-order valence-corrected chi connectivity index (χ0v) is 35.2. The fourth-order valence-corrected chi connectivity index (χ4v) is 5.08. The molecular weight excluding hydrogens is 750 g/mol. The van der Waals surface area contributed by atoms with Crippen molar-refractivity contribution >= 4 is 12.4 Å². The average molecular weight is 821 g/mol. The second kappa shape index (κ2) is 28.3. The molecule has 322 valence electrons. The van der Waals surface area contributed by atoms with Crippen molar-refractivity contribution in [2.75, 3.05) is 59.3 Å². The first kappa shape index (κ1) is 50.0. The fourth-order valence-electron chi connectivity index (χ4n) is 5.08. The van der Waals surface area contributed by atoms with E-state index in [2.05, 4.69) is 62.6 Å². The molecule has 2 unspecified atom stereocenters. The fraction of sp³-hybridized carbons (Fsp3) is 0.591. The monoisotopic (exact) mass is 819 g/mol. The summed E-state index contributed by atoms with van der Waals surface area (Å²) in [5.74, 6) is 2.79. The molecule has 0 radical (unpaired) electrons. The minimum absolute atomic E-state index is 0. The van der Waals surface area contributed by atoms with Crippen molar-refractivity contribution < 1.29 is 44.5 Å². The molecule has 12 nitrogen and oxygen atoms in total. The quantitative estimate of drug-likeness (QED) is 0.0432. The van der Waals surface area contributed by atoms with E-state index in [1.807, 2.05) is 24.3 Å². The summed E-state index contributed by atoms with van der Waals surface area (Å²) in [7, 11) is 0. The third-order valence-electron chi connectivity index (χ3n) is 9.03. The number of phenols is 2. The molecule has 3 aromatic carbocycles. The van der Waals surface area contributed by atoms with E-state index in [4.69, 9.17) is 34.9 Å². The maximum Gasteiger partial charge on any atom is 0.157 e. The van der Waals surface area contributed by atoms with Crippen LogP contribution in [-0.4, -0.2) is 109 Å². The van der Waals surface area contributed by atoms with Crippen molar-refractivity contribution in [3.63, 3.8) is 0 Å². The first-order chi connectivity index (χ1) is 26.9. The minimum atomic E-state index is -0.795. The second-order valence-corrected chi connectivity index (χ2v) is 15.4. The third-order valence-corrected chi connectivity index (χ3v) is 9.03. The molecule has 0 aliphatic heterocycles. The van der Waals surface area contributed by atoms with Gasteiger partial charge in [-0.1, -0.05) is 58.0 Å². The molecule has 0 aromatic heterocycles. The molecule has 2 aliphatic rings. The number of ether oxygens (including phenoxy) is 4. The average Bonchev–Trinajstić information content (AvgIpc) is 4.14. The van der Waals surface area contributed by atoms with Crippen molar-refractivity contribution in [3.8, 4) is 23.0 Å². The summed E-state index contributed by atoms with van der Waals surface area (Å²) in [6.45, 7) is 13.4. The number of aliphatic hydroxyl groups excluding tert-OH is 3. The highest BCUT2D eigenvalue weighted by atomic mass is 35.5. The van der Waals surface area contributed by atoms with Gasteiger partial charge in [0.1, 0.15) is 36.9 Å². The van der Waals surface area contributed by atoms with Crippen molar-refractivity contribution in [1.82, 2.24) is 10.6 Å². The van der Waals surface area contributed by atoms with E-state index in [0.29, 0.717) is 44.0 Å². The van der Waals surface area contributed by atoms with E-state index >= 15 is 0 Å². The van der Waals surface area contributed by atoms with Crippen LogP contribution in [0.2, 0.25) is 0 Å². The number of benzene rings is 3. The summed E-state index contributed by atoms with van der Waals surface area (Å²) in [6.07, 6.45) is 5.46. The van der Waals surface area contributed by atoms with Crippen molar-refractivity contribution in [2.45, 2.75) is 96.6 Å². The summed E-state index contributed by atoms with van der Waals surface area (Å²) in [5.41, 5.74) is 8.20. The Hall–Kier alpha value is -3.17. The number of aliphatic hydroxyl groups is 3. The molecule has 2 fully saturated rings. The number of halogens is 1. The molecule has 3 aromatic rings. The van der Waals surface area contributed by atoms with E-state index in [1.54, 1.807) is 0 Å². The number of aromatic hydroxyl groups is 2.